The summed E-state index contributed by atoms with van der Waals surface area (Å²) >= 11 is 0. The van der Waals surface area contributed by atoms with E-state index in [2.05, 4.69) is 199 Å². The first-order chi connectivity index (χ1) is 29.3. The highest BCUT2D eigenvalue weighted by Crippen LogP contribution is 2.51. The van der Waals surface area contributed by atoms with E-state index in [1.54, 1.807) is 0 Å². The van der Waals surface area contributed by atoms with Crippen molar-refractivity contribution in [3.63, 3.8) is 0 Å². The Morgan fingerprint density at radius 2 is 0.763 bits per heavy atom. The minimum Gasteiger partial charge on any atom is -0.455 e. The summed E-state index contributed by atoms with van der Waals surface area (Å²) in [5.74, 6) is 0. The van der Waals surface area contributed by atoms with Gasteiger partial charge >= 0.3 is 0 Å². The highest BCUT2D eigenvalue weighted by atomic mass is 16.3. The van der Waals surface area contributed by atoms with Gasteiger partial charge in [-0.15, -0.1) is 0 Å². The lowest BCUT2D eigenvalue weighted by Crippen LogP contribution is -2.12. The Morgan fingerprint density at radius 3 is 1.46 bits per heavy atom. The molecule has 2 heterocycles. The van der Waals surface area contributed by atoms with E-state index in [0.717, 1.165) is 88.6 Å². The average molecular weight is 754 g/mol. The van der Waals surface area contributed by atoms with Crippen molar-refractivity contribution in [1.29, 1.82) is 0 Å². The van der Waals surface area contributed by atoms with Crippen LogP contribution in [0.15, 0.2) is 221 Å². The van der Waals surface area contributed by atoms with Crippen molar-refractivity contribution in [2.24, 2.45) is 0 Å². The van der Waals surface area contributed by atoms with E-state index < -0.39 is 0 Å². The first-order valence-corrected chi connectivity index (χ1v) is 20.1. The number of furan rings is 2. The molecule has 0 saturated carbocycles. The van der Waals surface area contributed by atoms with Crippen LogP contribution in [-0.2, 0) is 0 Å². The molecule has 12 rings (SSSR count). The second-order valence-electron chi connectivity index (χ2n) is 15.2. The van der Waals surface area contributed by atoms with E-state index in [1.165, 1.54) is 27.3 Å². The van der Waals surface area contributed by atoms with Gasteiger partial charge in [-0.2, -0.15) is 0 Å². The fourth-order valence-electron chi connectivity index (χ4n) is 9.17. The Bertz CT molecular complexity index is 3540. The third-order valence-corrected chi connectivity index (χ3v) is 11.9. The van der Waals surface area contributed by atoms with Crippen molar-refractivity contribution in [3.05, 3.63) is 212 Å². The maximum absolute atomic E-state index is 6.83. The minimum absolute atomic E-state index is 0.840. The SMILES string of the molecule is c1ccc(-c2ccc(-c3c(N(c4ccc(-c5cccc6c5oc5ccccc56)cc4)c4cccc5c4oc4ccccc45)c4ccccc4c4ccccc34)cc2)cc1. The van der Waals surface area contributed by atoms with Crippen molar-refractivity contribution < 1.29 is 8.83 Å². The van der Waals surface area contributed by atoms with Crippen LogP contribution in [0.2, 0.25) is 0 Å². The largest absolute Gasteiger partial charge is 0.455 e. The van der Waals surface area contributed by atoms with Gasteiger partial charge in [0.25, 0.3) is 0 Å². The van der Waals surface area contributed by atoms with Crippen molar-refractivity contribution >= 4 is 82.5 Å². The van der Waals surface area contributed by atoms with E-state index in [0.29, 0.717) is 0 Å². The molecule has 3 nitrogen and oxygen atoms in total. The summed E-state index contributed by atoms with van der Waals surface area (Å²) < 4.78 is 13.3. The van der Waals surface area contributed by atoms with Gasteiger partial charge in [0, 0.05) is 43.7 Å². The Labute approximate surface area is 340 Å². The molecule has 59 heavy (non-hydrogen) atoms. The minimum atomic E-state index is 0.840. The van der Waals surface area contributed by atoms with Crippen LogP contribution in [0, 0.1) is 0 Å². The first kappa shape index (κ1) is 33.3. The van der Waals surface area contributed by atoms with E-state index in [1.807, 2.05) is 18.2 Å². The van der Waals surface area contributed by atoms with Gasteiger partial charge in [-0.1, -0.05) is 182 Å². The normalized spacial score (nSPS) is 11.7. The quantitative estimate of drug-likeness (QED) is 0.158. The van der Waals surface area contributed by atoms with Gasteiger partial charge < -0.3 is 13.7 Å². The van der Waals surface area contributed by atoms with Crippen LogP contribution in [0.1, 0.15) is 0 Å². The van der Waals surface area contributed by atoms with Crippen LogP contribution in [0.25, 0.3) is 98.8 Å². The Balaban J connectivity index is 1.14. The van der Waals surface area contributed by atoms with E-state index in [9.17, 15) is 0 Å². The summed E-state index contributed by atoms with van der Waals surface area (Å²) in [6.07, 6.45) is 0. The fourth-order valence-corrected chi connectivity index (χ4v) is 9.17. The number of fused-ring (bicyclic) bond motifs is 9. The zero-order chi connectivity index (χ0) is 38.9. The van der Waals surface area contributed by atoms with Crippen molar-refractivity contribution in [1.82, 2.24) is 0 Å². The number of rotatable bonds is 6. The smallest absolute Gasteiger partial charge is 0.159 e. The van der Waals surface area contributed by atoms with Crippen LogP contribution in [0.3, 0.4) is 0 Å². The molecule has 0 bridgehead atoms. The lowest BCUT2D eigenvalue weighted by molar-refractivity contribution is 0.669. The lowest BCUT2D eigenvalue weighted by atomic mass is 9.89. The molecule has 0 aliphatic carbocycles. The molecular weight excluding hydrogens is 719 g/mol. The molecule has 10 aromatic carbocycles. The summed E-state index contributed by atoms with van der Waals surface area (Å²) in [4.78, 5) is 2.42. The molecule has 3 heteroatoms. The summed E-state index contributed by atoms with van der Waals surface area (Å²) in [5, 5.41) is 9.15. The van der Waals surface area contributed by atoms with Crippen molar-refractivity contribution in [2.75, 3.05) is 4.90 Å². The molecule has 0 amide bonds. The number of nitrogens with zero attached hydrogens (tertiary/aromatic N) is 1. The molecule has 0 aliphatic rings. The van der Waals surface area contributed by atoms with E-state index in [-0.39, 0.29) is 0 Å². The molecule has 276 valence electrons. The summed E-state index contributed by atoms with van der Waals surface area (Å²) in [6.45, 7) is 0. The van der Waals surface area contributed by atoms with Crippen LogP contribution < -0.4 is 4.90 Å². The highest BCUT2D eigenvalue weighted by molar-refractivity contribution is 6.23. The van der Waals surface area contributed by atoms with Gasteiger partial charge in [0.05, 0.1) is 11.4 Å². The second kappa shape index (κ2) is 13.4. The predicted molar refractivity (Wildman–Crippen MR) is 247 cm³/mol. The molecule has 0 radical (unpaired) electrons. The topological polar surface area (TPSA) is 29.5 Å². The van der Waals surface area contributed by atoms with Gasteiger partial charge in [0.15, 0.2) is 5.58 Å². The molecule has 0 spiro atoms. The van der Waals surface area contributed by atoms with Crippen LogP contribution in [0.4, 0.5) is 17.1 Å². The molecule has 0 fully saturated rings. The van der Waals surface area contributed by atoms with Crippen LogP contribution in [0.5, 0.6) is 0 Å². The lowest BCUT2D eigenvalue weighted by Gasteiger charge is -2.30. The second-order valence-corrected chi connectivity index (χ2v) is 15.2. The summed E-state index contributed by atoms with van der Waals surface area (Å²) in [5.41, 5.74) is 13.4. The molecular formula is C56H35NO2. The standard InChI is InChI=1S/C56H35NO2/c1-2-14-36(15-3-1)37-28-30-39(31-29-37)53-46-20-6-4-16-42(46)43-17-5-7-21-47(43)54(53)57(50-25-13-24-49-45-19-9-11-27-52(45)59-56(49)50)40-34-32-38(33-35-40)41-22-12-23-48-44-18-8-10-26-51(44)58-55(41)48/h1-35H. The first-order valence-electron chi connectivity index (χ1n) is 20.1. The van der Waals surface area contributed by atoms with Gasteiger partial charge in [0.2, 0.25) is 0 Å². The molecule has 0 N–H and O–H groups in total. The monoisotopic (exact) mass is 753 g/mol. The van der Waals surface area contributed by atoms with E-state index in [4.69, 9.17) is 8.83 Å². The molecule has 0 atom stereocenters. The highest BCUT2D eigenvalue weighted by Gasteiger charge is 2.26. The number of hydrogen-bond donors (Lipinski definition) is 0. The maximum Gasteiger partial charge on any atom is 0.159 e. The van der Waals surface area contributed by atoms with Crippen molar-refractivity contribution in [3.8, 4) is 33.4 Å². The number of benzene rings is 10. The Morgan fingerprint density at radius 1 is 0.288 bits per heavy atom. The molecule has 12 aromatic rings. The number of anilines is 3. The Kier molecular flexibility index (Phi) is 7.54. The third kappa shape index (κ3) is 5.29. The summed E-state index contributed by atoms with van der Waals surface area (Å²) in [6, 6.07) is 75.7. The van der Waals surface area contributed by atoms with Gasteiger partial charge in [0.1, 0.15) is 16.7 Å². The van der Waals surface area contributed by atoms with Crippen LogP contribution in [-0.4, -0.2) is 0 Å². The summed E-state index contributed by atoms with van der Waals surface area (Å²) in [7, 11) is 0. The predicted octanol–water partition coefficient (Wildman–Crippen LogP) is 16.3. The number of para-hydroxylation sites is 4. The van der Waals surface area contributed by atoms with Crippen LogP contribution >= 0.6 is 0 Å². The van der Waals surface area contributed by atoms with Gasteiger partial charge in [-0.3, -0.25) is 0 Å². The third-order valence-electron chi connectivity index (χ3n) is 11.9. The Hall–Kier alpha value is -7.88. The number of hydrogen-bond acceptors (Lipinski definition) is 3. The molecule has 2 aromatic heterocycles. The fraction of sp³-hybridized carbons (Fsp3) is 0. The zero-order valence-electron chi connectivity index (χ0n) is 32.0. The van der Waals surface area contributed by atoms with Gasteiger partial charge in [-0.05, 0) is 68.7 Å². The maximum atomic E-state index is 6.83. The van der Waals surface area contributed by atoms with Crippen molar-refractivity contribution in [2.45, 2.75) is 0 Å². The molecule has 0 saturated heterocycles. The van der Waals surface area contributed by atoms with Gasteiger partial charge in [-0.25, -0.2) is 0 Å². The average Bonchev–Trinajstić information content (AvgIpc) is 3.89. The molecule has 0 unspecified atom stereocenters. The molecule has 0 aliphatic heterocycles. The van der Waals surface area contributed by atoms with E-state index >= 15 is 0 Å². The zero-order valence-corrected chi connectivity index (χ0v) is 32.0.